The second-order valence-electron chi connectivity index (χ2n) is 4.47. The lowest BCUT2D eigenvalue weighted by molar-refractivity contribution is 0.0992. The van der Waals surface area contributed by atoms with Crippen molar-refractivity contribution < 1.29 is 9.53 Å². The number of anilines is 1. The number of hydrogen-bond donors (Lipinski definition) is 1. The van der Waals surface area contributed by atoms with Gasteiger partial charge in [-0.15, -0.1) is 0 Å². The lowest BCUT2D eigenvalue weighted by atomic mass is 9.98. The van der Waals surface area contributed by atoms with Gasteiger partial charge < -0.3 is 10.5 Å². The number of ether oxygens (including phenoxy) is 1. The Morgan fingerprint density at radius 1 is 1.21 bits per heavy atom. The van der Waals surface area contributed by atoms with Crippen LogP contribution < -0.4 is 10.5 Å². The van der Waals surface area contributed by atoms with Gasteiger partial charge in [0.2, 0.25) is 0 Å². The molecule has 0 unspecified atom stereocenters. The Hall–Kier alpha value is -2.29. The van der Waals surface area contributed by atoms with Crippen LogP contribution in [0.3, 0.4) is 0 Å². The first-order valence-corrected chi connectivity index (χ1v) is 6.13. The number of benzene rings is 2. The fourth-order valence-corrected chi connectivity index (χ4v) is 2.02. The van der Waals surface area contributed by atoms with Gasteiger partial charge in [0.1, 0.15) is 5.75 Å². The van der Waals surface area contributed by atoms with E-state index in [4.69, 9.17) is 10.5 Å². The van der Waals surface area contributed by atoms with E-state index in [0.29, 0.717) is 17.7 Å². The molecule has 2 aromatic rings. The molecule has 0 aliphatic rings. The average Bonchev–Trinajstić information content (AvgIpc) is 2.42. The third kappa shape index (κ3) is 2.94. The summed E-state index contributed by atoms with van der Waals surface area (Å²) in [4.78, 5) is 12.3. The molecule has 2 rings (SSSR count). The first kappa shape index (κ1) is 13.1. The Labute approximate surface area is 113 Å². The summed E-state index contributed by atoms with van der Waals surface area (Å²) in [7, 11) is 1.61. The molecule has 98 valence electrons. The molecule has 2 aromatic carbocycles. The molecule has 3 nitrogen and oxygen atoms in total. The zero-order chi connectivity index (χ0) is 13.8. The lowest BCUT2D eigenvalue weighted by Gasteiger charge is -2.08. The topological polar surface area (TPSA) is 52.3 Å². The highest BCUT2D eigenvalue weighted by Gasteiger charge is 2.11. The Balaban J connectivity index is 2.23. The molecule has 0 aliphatic heterocycles. The Morgan fingerprint density at radius 3 is 2.68 bits per heavy atom. The van der Waals surface area contributed by atoms with Crippen molar-refractivity contribution in [3.8, 4) is 5.75 Å². The standard InChI is InChI=1S/C16H17NO2/c1-11-14(7-4-8-15(11)17)16(18)10-12-5-3-6-13(9-12)19-2/h3-9H,10,17H2,1-2H3. The van der Waals surface area contributed by atoms with Crippen molar-refractivity contribution in [3.05, 3.63) is 59.2 Å². The highest BCUT2D eigenvalue weighted by molar-refractivity contribution is 5.99. The first-order valence-electron chi connectivity index (χ1n) is 6.13. The number of rotatable bonds is 4. The average molecular weight is 255 g/mol. The normalized spacial score (nSPS) is 10.2. The molecule has 0 aromatic heterocycles. The van der Waals surface area contributed by atoms with Gasteiger partial charge in [-0.05, 0) is 36.2 Å². The lowest BCUT2D eigenvalue weighted by Crippen LogP contribution is -2.07. The van der Waals surface area contributed by atoms with Crippen LogP contribution >= 0.6 is 0 Å². The summed E-state index contributed by atoms with van der Waals surface area (Å²) in [5.74, 6) is 0.827. The van der Waals surface area contributed by atoms with E-state index in [9.17, 15) is 4.79 Å². The van der Waals surface area contributed by atoms with Gasteiger partial charge >= 0.3 is 0 Å². The van der Waals surface area contributed by atoms with E-state index in [1.807, 2.05) is 37.3 Å². The van der Waals surface area contributed by atoms with Crippen molar-refractivity contribution in [3.63, 3.8) is 0 Å². The quantitative estimate of drug-likeness (QED) is 0.675. The Morgan fingerprint density at radius 2 is 1.95 bits per heavy atom. The predicted octanol–water partition coefficient (Wildman–Crippen LogP) is 3.01. The SMILES string of the molecule is COc1cccc(CC(=O)c2cccc(N)c2C)c1. The second kappa shape index (κ2) is 5.57. The largest absolute Gasteiger partial charge is 0.497 e. The van der Waals surface area contributed by atoms with Crippen LogP contribution in [0.2, 0.25) is 0 Å². The Kier molecular flexibility index (Phi) is 3.85. The zero-order valence-corrected chi connectivity index (χ0v) is 11.1. The minimum absolute atomic E-state index is 0.0676. The van der Waals surface area contributed by atoms with E-state index in [0.717, 1.165) is 16.9 Å². The summed E-state index contributed by atoms with van der Waals surface area (Å²) < 4.78 is 5.15. The number of nitrogen functional groups attached to an aromatic ring is 1. The number of ketones is 1. The van der Waals surface area contributed by atoms with Crippen molar-refractivity contribution in [1.29, 1.82) is 0 Å². The molecule has 0 amide bonds. The van der Waals surface area contributed by atoms with Gasteiger partial charge in [-0.3, -0.25) is 4.79 Å². The zero-order valence-electron chi connectivity index (χ0n) is 11.1. The van der Waals surface area contributed by atoms with Crippen molar-refractivity contribution in [1.82, 2.24) is 0 Å². The highest BCUT2D eigenvalue weighted by Crippen LogP contribution is 2.19. The smallest absolute Gasteiger partial charge is 0.167 e. The van der Waals surface area contributed by atoms with Crippen LogP contribution in [0.25, 0.3) is 0 Å². The van der Waals surface area contributed by atoms with E-state index in [-0.39, 0.29) is 5.78 Å². The summed E-state index contributed by atoms with van der Waals surface area (Å²) in [5.41, 5.74) is 8.94. The van der Waals surface area contributed by atoms with E-state index in [2.05, 4.69) is 0 Å². The molecule has 0 aliphatic carbocycles. The monoisotopic (exact) mass is 255 g/mol. The van der Waals surface area contributed by atoms with Gasteiger partial charge in [0.25, 0.3) is 0 Å². The van der Waals surface area contributed by atoms with Crippen molar-refractivity contribution >= 4 is 11.5 Å². The van der Waals surface area contributed by atoms with Crippen LogP contribution in [0.5, 0.6) is 5.75 Å². The Bertz CT molecular complexity index is 605. The van der Waals surface area contributed by atoms with Crippen molar-refractivity contribution in [2.75, 3.05) is 12.8 Å². The van der Waals surface area contributed by atoms with Gasteiger partial charge in [0.05, 0.1) is 7.11 Å². The maximum Gasteiger partial charge on any atom is 0.167 e. The molecule has 19 heavy (non-hydrogen) atoms. The predicted molar refractivity (Wildman–Crippen MR) is 76.6 cm³/mol. The molecule has 0 fully saturated rings. The molecule has 2 N–H and O–H groups in total. The van der Waals surface area contributed by atoms with Gasteiger partial charge in [0.15, 0.2) is 5.78 Å². The van der Waals surface area contributed by atoms with Gasteiger partial charge in [-0.25, -0.2) is 0 Å². The van der Waals surface area contributed by atoms with Crippen LogP contribution in [-0.2, 0) is 6.42 Å². The number of Topliss-reactive ketones (excluding diaryl/α,β-unsaturated/α-hetero) is 1. The number of carbonyl (C=O) groups excluding carboxylic acids is 1. The maximum absolute atomic E-state index is 12.3. The van der Waals surface area contributed by atoms with E-state index in [1.165, 1.54) is 0 Å². The third-order valence-corrected chi connectivity index (χ3v) is 3.17. The summed E-state index contributed by atoms with van der Waals surface area (Å²) in [5, 5.41) is 0. The van der Waals surface area contributed by atoms with Crippen molar-refractivity contribution in [2.45, 2.75) is 13.3 Å². The third-order valence-electron chi connectivity index (χ3n) is 3.17. The van der Waals surface area contributed by atoms with Crippen molar-refractivity contribution in [2.24, 2.45) is 0 Å². The number of nitrogens with two attached hydrogens (primary N) is 1. The van der Waals surface area contributed by atoms with Gasteiger partial charge in [0, 0.05) is 17.7 Å². The molecular formula is C16H17NO2. The van der Waals surface area contributed by atoms with Gasteiger partial charge in [-0.1, -0.05) is 24.3 Å². The summed E-state index contributed by atoms with van der Waals surface area (Å²) in [6.07, 6.45) is 0.349. The van der Waals surface area contributed by atoms with E-state index < -0.39 is 0 Å². The minimum Gasteiger partial charge on any atom is -0.497 e. The number of methoxy groups -OCH3 is 1. The van der Waals surface area contributed by atoms with Crippen LogP contribution in [0, 0.1) is 6.92 Å². The number of hydrogen-bond acceptors (Lipinski definition) is 3. The molecular weight excluding hydrogens is 238 g/mol. The van der Waals surface area contributed by atoms with E-state index >= 15 is 0 Å². The highest BCUT2D eigenvalue weighted by atomic mass is 16.5. The maximum atomic E-state index is 12.3. The van der Waals surface area contributed by atoms with Gasteiger partial charge in [-0.2, -0.15) is 0 Å². The molecule has 0 spiro atoms. The number of carbonyl (C=O) groups is 1. The fourth-order valence-electron chi connectivity index (χ4n) is 2.02. The summed E-state index contributed by atoms with van der Waals surface area (Å²) in [6.45, 7) is 1.87. The van der Waals surface area contributed by atoms with E-state index in [1.54, 1.807) is 19.2 Å². The van der Waals surface area contributed by atoms with Crippen LogP contribution in [0.1, 0.15) is 21.5 Å². The summed E-state index contributed by atoms with van der Waals surface area (Å²) in [6, 6.07) is 13.0. The van der Waals surface area contributed by atoms with Crippen LogP contribution in [-0.4, -0.2) is 12.9 Å². The molecule has 0 atom stereocenters. The summed E-state index contributed by atoms with van der Waals surface area (Å²) >= 11 is 0. The molecule has 3 heteroatoms. The minimum atomic E-state index is 0.0676. The van der Waals surface area contributed by atoms with Crippen LogP contribution in [0.15, 0.2) is 42.5 Å². The second-order valence-corrected chi connectivity index (χ2v) is 4.47. The molecule has 0 saturated carbocycles. The molecule has 0 radical (unpaired) electrons. The fraction of sp³-hybridized carbons (Fsp3) is 0.188. The molecule has 0 heterocycles. The van der Waals surface area contributed by atoms with Crippen LogP contribution in [0.4, 0.5) is 5.69 Å². The molecule has 0 bridgehead atoms. The first-order chi connectivity index (χ1) is 9.11. The molecule has 0 saturated heterocycles.